The molecular formula is C36H62N2O6. The maximum absolute atomic E-state index is 12.7. The van der Waals surface area contributed by atoms with Gasteiger partial charge in [0.1, 0.15) is 0 Å². The van der Waals surface area contributed by atoms with Crippen LogP contribution in [0.4, 0.5) is 0 Å². The van der Waals surface area contributed by atoms with Gasteiger partial charge in [-0.25, -0.2) is 0 Å². The van der Waals surface area contributed by atoms with Crippen LogP contribution in [0.5, 0.6) is 0 Å². The molecule has 4 rings (SSSR count). The molecule has 0 saturated heterocycles. The predicted octanol–water partition coefficient (Wildman–Crippen LogP) is 5.83. The van der Waals surface area contributed by atoms with Gasteiger partial charge in [-0.1, -0.05) is 33.6 Å². The highest BCUT2D eigenvalue weighted by Gasteiger charge is 2.62. The van der Waals surface area contributed by atoms with Crippen LogP contribution in [0, 0.1) is 46.3 Å². The number of rotatable bonds is 16. The second-order valence-corrected chi connectivity index (χ2v) is 15.7. The molecule has 0 radical (unpaired) electrons. The molecule has 0 aromatic heterocycles. The Hall–Kier alpha value is -1.67. The van der Waals surface area contributed by atoms with Crippen molar-refractivity contribution in [3.05, 3.63) is 0 Å². The summed E-state index contributed by atoms with van der Waals surface area (Å²) in [4.78, 5) is 35.1. The fraction of sp³-hybridized carbons (Fsp3) is 0.917. The molecule has 44 heavy (non-hydrogen) atoms. The normalized spacial score (nSPS) is 36.9. The molecule has 4 fully saturated rings. The highest BCUT2D eigenvalue weighted by atomic mass is 16.4. The van der Waals surface area contributed by atoms with Crippen molar-refractivity contribution in [2.75, 3.05) is 13.1 Å². The summed E-state index contributed by atoms with van der Waals surface area (Å²) in [6.07, 6.45) is 15.1. The van der Waals surface area contributed by atoms with Crippen LogP contribution in [0.25, 0.3) is 0 Å². The number of hydrogen-bond acceptors (Lipinski definition) is 5. The van der Waals surface area contributed by atoms with Gasteiger partial charge in [0.25, 0.3) is 0 Å². The van der Waals surface area contributed by atoms with Crippen molar-refractivity contribution in [2.45, 2.75) is 149 Å². The molecule has 252 valence electrons. The Bertz CT molecular complexity index is 974. The lowest BCUT2D eigenvalue weighted by Gasteiger charge is -2.62. The van der Waals surface area contributed by atoms with E-state index in [0.717, 1.165) is 64.2 Å². The Labute approximate surface area is 265 Å². The monoisotopic (exact) mass is 618 g/mol. The third-order valence-corrected chi connectivity index (χ3v) is 13.0. The summed E-state index contributed by atoms with van der Waals surface area (Å²) in [6.45, 7) is 8.56. The molecule has 2 amide bonds. The number of unbranched alkanes of at least 4 members (excludes halogenated alkanes) is 4. The SMILES string of the molecule is CC(CCC(=O)NCCCCCC(=O)NCCCCCC(=O)O)[C@H]1CCC2C3C(CC[C@@]21C)[C@@]1(C)CC[C@@H](O)CC1C[C@H]3O. The van der Waals surface area contributed by atoms with E-state index >= 15 is 0 Å². The van der Waals surface area contributed by atoms with Gasteiger partial charge in [-0.15, -0.1) is 0 Å². The highest BCUT2D eigenvalue weighted by molar-refractivity contribution is 5.76. The van der Waals surface area contributed by atoms with Crippen molar-refractivity contribution in [2.24, 2.45) is 46.3 Å². The van der Waals surface area contributed by atoms with Gasteiger partial charge in [0.15, 0.2) is 0 Å². The first-order chi connectivity index (χ1) is 21.0. The fourth-order valence-electron chi connectivity index (χ4n) is 10.5. The molecule has 5 N–H and O–H groups in total. The number of hydrogen-bond donors (Lipinski definition) is 5. The summed E-state index contributed by atoms with van der Waals surface area (Å²) < 4.78 is 0. The second-order valence-electron chi connectivity index (χ2n) is 15.7. The van der Waals surface area contributed by atoms with E-state index in [2.05, 4.69) is 31.4 Å². The Morgan fingerprint density at radius 2 is 1.36 bits per heavy atom. The summed E-state index contributed by atoms with van der Waals surface area (Å²) in [5.74, 6) is 2.44. The van der Waals surface area contributed by atoms with Crippen molar-refractivity contribution in [3.63, 3.8) is 0 Å². The molecule has 10 atom stereocenters. The van der Waals surface area contributed by atoms with E-state index in [4.69, 9.17) is 5.11 Å². The molecule has 0 aromatic carbocycles. The number of aliphatic carboxylic acids is 1. The zero-order valence-corrected chi connectivity index (χ0v) is 27.8. The average Bonchev–Trinajstić information content (AvgIpc) is 3.33. The van der Waals surface area contributed by atoms with E-state index in [1.807, 2.05) is 0 Å². The van der Waals surface area contributed by atoms with Gasteiger partial charge < -0.3 is 26.0 Å². The second kappa shape index (κ2) is 15.8. The summed E-state index contributed by atoms with van der Waals surface area (Å²) >= 11 is 0. The molecule has 0 heterocycles. The minimum absolute atomic E-state index is 0.0443. The number of carboxylic acid groups (broad SMARTS) is 1. The predicted molar refractivity (Wildman–Crippen MR) is 172 cm³/mol. The van der Waals surface area contributed by atoms with E-state index in [9.17, 15) is 24.6 Å². The molecule has 0 aliphatic heterocycles. The minimum Gasteiger partial charge on any atom is -0.481 e. The quantitative estimate of drug-likeness (QED) is 0.138. The number of amides is 2. The third kappa shape index (κ3) is 8.37. The van der Waals surface area contributed by atoms with Crippen LogP contribution in [0.1, 0.15) is 136 Å². The van der Waals surface area contributed by atoms with Crippen LogP contribution in [-0.2, 0) is 14.4 Å². The number of carbonyl (C=O) groups is 3. The number of fused-ring (bicyclic) bond motifs is 5. The zero-order chi connectivity index (χ0) is 31.9. The first kappa shape index (κ1) is 35.2. The van der Waals surface area contributed by atoms with Crippen LogP contribution < -0.4 is 10.6 Å². The van der Waals surface area contributed by atoms with Gasteiger partial charge in [-0.05, 0) is 130 Å². The molecular weight excluding hydrogens is 556 g/mol. The van der Waals surface area contributed by atoms with Gasteiger partial charge in [0, 0.05) is 32.4 Å². The van der Waals surface area contributed by atoms with Crippen LogP contribution >= 0.6 is 0 Å². The van der Waals surface area contributed by atoms with Crippen molar-refractivity contribution in [1.29, 1.82) is 0 Å². The minimum atomic E-state index is -0.773. The molecule has 4 aliphatic carbocycles. The van der Waals surface area contributed by atoms with E-state index < -0.39 is 5.97 Å². The van der Waals surface area contributed by atoms with Gasteiger partial charge in [-0.3, -0.25) is 14.4 Å². The van der Waals surface area contributed by atoms with Crippen molar-refractivity contribution >= 4 is 17.8 Å². The smallest absolute Gasteiger partial charge is 0.303 e. The zero-order valence-electron chi connectivity index (χ0n) is 27.8. The standard InChI is InChI=1S/C36H62N2O6/c1-24(12-15-32(42)38-21-8-4-6-10-31(41)37-20-9-5-7-11-33(43)44)27-13-14-28-34-29(17-19-36(27,28)3)35(2)18-16-26(39)22-25(35)23-30(34)40/h24-30,34,39-40H,4-23H2,1-3H3,(H,37,41)(H,38,42)(H,43,44)/t24?,25?,26-,27-,28?,29?,30-,34?,35+,36-/m1/s1. The Morgan fingerprint density at radius 3 is 2.05 bits per heavy atom. The highest BCUT2D eigenvalue weighted by Crippen LogP contribution is 2.68. The third-order valence-electron chi connectivity index (χ3n) is 13.0. The summed E-state index contributed by atoms with van der Waals surface area (Å²) in [6, 6.07) is 0. The number of carboxylic acids is 1. The van der Waals surface area contributed by atoms with E-state index in [1.54, 1.807) is 0 Å². The van der Waals surface area contributed by atoms with Crippen LogP contribution in [0.2, 0.25) is 0 Å². The molecule has 4 saturated carbocycles. The first-order valence-corrected chi connectivity index (χ1v) is 18.1. The lowest BCUT2D eigenvalue weighted by molar-refractivity contribution is -0.174. The maximum atomic E-state index is 12.7. The molecule has 4 aliphatic rings. The lowest BCUT2D eigenvalue weighted by atomic mass is 9.43. The fourth-order valence-corrected chi connectivity index (χ4v) is 10.5. The van der Waals surface area contributed by atoms with Gasteiger partial charge in [0.05, 0.1) is 12.2 Å². The summed E-state index contributed by atoms with van der Waals surface area (Å²) in [5.41, 5.74) is 0.492. The Balaban J connectivity index is 1.12. The number of nitrogens with one attached hydrogen (secondary N) is 2. The van der Waals surface area contributed by atoms with Crippen LogP contribution in [0.3, 0.4) is 0 Å². The average molecular weight is 619 g/mol. The molecule has 0 aromatic rings. The van der Waals surface area contributed by atoms with E-state index in [-0.39, 0.29) is 41.3 Å². The van der Waals surface area contributed by atoms with Crippen molar-refractivity contribution in [1.82, 2.24) is 10.6 Å². The van der Waals surface area contributed by atoms with Crippen LogP contribution in [-0.4, -0.2) is 58.4 Å². The maximum Gasteiger partial charge on any atom is 0.303 e. The van der Waals surface area contributed by atoms with Crippen molar-refractivity contribution < 1.29 is 29.7 Å². The largest absolute Gasteiger partial charge is 0.481 e. The summed E-state index contributed by atoms with van der Waals surface area (Å²) in [7, 11) is 0. The van der Waals surface area contributed by atoms with Gasteiger partial charge >= 0.3 is 5.97 Å². The molecule has 8 heteroatoms. The van der Waals surface area contributed by atoms with Crippen molar-refractivity contribution in [3.8, 4) is 0 Å². The lowest BCUT2D eigenvalue weighted by Crippen LogP contribution is -2.58. The molecule has 0 spiro atoms. The number of aliphatic hydroxyl groups excluding tert-OH is 2. The molecule has 5 unspecified atom stereocenters. The van der Waals surface area contributed by atoms with Crippen LogP contribution in [0.15, 0.2) is 0 Å². The molecule has 0 bridgehead atoms. The Kier molecular flexibility index (Phi) is 12.6. The summed E-state index contributed by atoms with van der Waals surface area (Å²) in [5, 5.41) is 36.5. The first-order valence-electron chi connectivity index (χ1n) is 18.1. The van der Waals surface area contributed by atoms with Gasteiger partial charge in [0.2, 0.25) is 11.8 Å². The number of aliphatic hydroxyl groups is 2. The number of carbonyl (C=O) groups excluding carboxylic acids is 2. The topological polar surface area (TPSA) is 136 Å². The van der Waals surface area contributed by atoms with E-state index in [0.29, 0.717) is 67.9 Å². The Morgan fingerprint density at radius 1 is 0.750 bits per heavy atom. The molecule has 8 nitrogen and oxygen atoms in total. The van der Waals surface area contributed by atoms with Gasteiger partial charge in [-0.2, -0.15) is 0 Å². The van der Waals surface area contributed by atoms with E-state index in [1.165, 1.54) is 25.7 Å².